The summed E-state index contributed by atoms with van der Waals surface area (Å²) in [6.07, 6.45) is 0. The number of imide groups is 1. The molecule has 3 aromatic carbocycles. The van der Waals surface area contributed by atoms with E-state index in [0.29, 0.717) is 28.6 Å². The molecule has 7 heteroatoms. The molecule has 0 spiro atoms. The number of benzene rings is 3. The van der Waals surface area contributed by atoms with Crippen LogP contribution in [0.5, 0.6) is 11.5 Å². The van der Waals surface area contributed by atoms with Gasteiger partial charge < -0.3 is 14.8 Å². The van der Waals surface area contributed by atoms with Gasteiger partial charge in [-0.2, -0.15) is 0 Å². The summed E-state index contributed by atoms with van der Waals surface area (Å²) in [5.74, 6) is 0.602. The molecule has 1 N–H and O–H groups in total. The van der Waals surface area contributed by atoms with Gasteiger partial charge in [-0.25, -0.2) is 4.90 Å². The predicted molar refractivity (Wildman–Crippen MR) is 131 cm³/mol. The highest BCUT2D eigenvalue weighted by Crippen LogP contribution is 2.38. The second kappa shape index (κ2) is 9.83. The second-order valence-electron chi connectivity index (χ2n) is 7.35. The summed E-state index contributed by atoms with van der Waals surface area (Å²) in [5.41, 5.74) is 2.53. The lowest BCUT2D eigenvalue weighted by Crippen LogP contribution is -2.32. The Hall–Kier alpha value is -3.71. The smallest absolute Gasteiger partial charge is 0.283 e. The maximum Gasteiger partial charge on any atom is 0.283 e. The van der Waals surface area contributed by atoms with Crippen molar-refractivity contribution < 1.29 is 19.1 Å². The molecule has 168 valence electrons. The molecule has 0 unspecified atom stereocenters. The first-order chi connectivity index (χ1) is 16.0. The number of carbonyl (C=O) groups is 2. The SMILES string of the molecule is CCOc1ccc(NC2=C(Sc3ccc(C)cc3)C(=O)N(c3ccc(OC)cc3)C2=O)cc1. The fraction of sp³-hybridized carbons (Fsp3) is 0.154. The lowest BCUT2D eigenvalue weighted by molar-refractivity contribution is -0.120. The lowest BCUT2D eigenvalue weighted by Gasteiger charge is -2.15. The normalized spacial score (nSPS) is 13.5. The third-order valence-electron chi connectivity index (χ3n) is 5.05. The molecule has 4 rings (SSSR count). The molecule has 0 aliphatic carbocycles. The fourth-order valence-corrected chi connectivity index (χ4v) is 4.28. The zero-order chi connectivity index (χ0) is 23.4. The van der Waals surface area contributed by atoms with Gasteiger partial charge in [0.05, 0.1) is 19.4 Å². The van der Waals surface area contributed by atoms with Crippen LogP contribution in [-0.4, -0.2) is 25.5 Å². The minimum absolute atomic E-state index is 0.241. The molecule has 0 fully saturated rings. The van der Waals surface area contributed by atoms with E-state index >= 15 is 0 Å². The number of carbonyl (C=O) groups excluding carboxylic acids is 2. The van der Waals surface area contributed by atoms with E-state index in [1.165, 1.54) is 16.7 Å². The van der Waals surface area contributed by atoms with E-state index in [0.717, 1.165) is 16.2 Å². The van der Waals surface area contributed by atoms with Gasteiger partial charge >= 0.3 is 0 Å². The van der Waals surface area contributed by atoms with Gasteiger partial charge in [0, 0.05) is 10.6 Å². The number of anilines is 2. The summed E-state index contributed by atoms with van der Waals surface area (Å²) < 4.78 is 10.7. The largest absolute Gasteiger partial charge is 0.497 e. The molecule has 0 atom stereocenters. The van der Waals surface area contributed by atoms with E-state index in [-0.39, 0.29) is 11.6 Å². The van der Waals surface area contributed by atoms with Gasteiger partial charge in [-0.05, 0) is 74.5 Å². The summed E-state index contributed by atoms with van der Waals surface area (Å²) in [6.45, 7) is 4.49. The second-order valence-corrected chi connectivity index (χ2v) is 8.43. The fourth-order valence-electron chi connectivity index (χ4n) is 3.35. The monoisotopic (exact) mass is 460 g/mol. The number of hydrogen-bond donors (Lipinski definition) is 1. The van der Waals surface area contributed by atoms with Crippen LogP contribution >= 0.6 is 11.8 Å². The Kier molecular flexibility index (Phi) is 6.70. The molecule has 1 heterocycles. The van der Waals surface area contributed by atoms with Crippen LogP contribution in [0.2, 0.25) is 0 Å². The molecule has 2 amide bonds. The number of nitrogens with one attached hydrogen (secondary N) is 1. The minimum Gasteiger partial charge on any atom is -0.497 e. The van der Waals surface area contributed by atoms with Crippen LogP contribution < -0.4 is 19.7 Å². The molecule has 1 aliphatic heterocycles. The number of methoxy groups -OCH3 is 1. The number of nitrogens with zero attached hydrogens (tertiary/aromatic N) is 1. The van der Waals surface area contributed by atoms with E-state index in [9.17, 15) is 9.59 Å². The molecule has 0 saturated carbocycles. The van der Waals surface area contributed by atoms with Crippen LogP contribution in [0, 0.1) is 6.92 Å². The van der Waals surface area contributed by atoms with Gasteiger partial charge in [-0.1, -0.05) is 29.5 Å². The maximum atomic E-state index is 13.4. The summed E-state index contributed by atoms with van der Waals surface area (Å²) in [5, 5.41) is 3.16. The Morgan fingerprint density at radius 2 is 1.48 bits per heavy atom. The van der Waals surface area contributed by atoms with Crippen molar-refractivity contribution in [1.29, 1.82) is 0 Å². The van der Waals surface area contributed by atoms with Crippen LogP contribution in [-0.2, 0) is 9.59 Å². The van der Waals surface area contributed by atoms with Gasteiger partial charge in [0.2, 0.25) is 0 Å². The average Bonchev–Trinajstić information content (AvgIpc) is 3.06. The number of amides is 2. The molecule has 0 aromatic heterocycles. The quantitative estimate of drug-likeness (QED) is 0.455. The Bertz CT molecular complexity index is 1190. The van der Waals surface area contributed by atoms with Crippen molar-refractivity contribution in [2.24, 2.45) is 0 Å². The van der Waals surface area contributed by atoms with Gasteiger partial charge in [-0.15, -0.1) is 0 Å². The minimum atomic E-state index is -0.409. The maximum absolute atomic E-state index is 13.4. The summed E-state index contributed by atoms with van der Waals surface area (Å²) >= 11 is 1.27. The van der Waals surface area contributed by atoms with Crippen LogP contribution in [0.25, 0.3) is 0 Å². The van der Waals surface area contributed by atoms with Crippen LogP contribution in [0.1, 0.15) is 12.5 Å². The first kappa shape index (κ1) is 22.5. The molecule has 1 aliphatic rings. The van der Waals surface area contributed by atoms with Crippen molar-refractivity contribution in [3.05, 3.63) is 89.0 Å². The molecular formula is C26H24N2O4S. The Labute approximate surface area is 197 Å². The number of hydrogen-bond acceptors (Lipinski definition) is 6. The van der Waals surface area contributed by atoms with Gasteiger partial charge in [0.25, 0.3) is 11.8 Å². The van der Waals surface area contributed by atoms with E-state index in [1.807, 2.05) is 62.4 Å². The molecule has 3 aromatic rings. The van der Waals surface area contributed by atoms with Gasteiger partial charge in [0.1, 0.15) is 22.1 Å². The van der Waals surface area contributed by atoms with Gasteiger partial charge in [0.15, 0.2) is 0 Å². The number of ether oxygens (including phenoxy) is 2. The van der Waals surface area contributed by atoms with Crippen molar-refractivity contribution in [3.8, 4) is 11.5 Å². The first-order valence-electron chi connectivity index (χ1n) is 10.5. The third-order valence-corrected chi connectivity index (χ3v) is 6.14. The number of rotatable bonds is 8. The summed E-state index contributed by atoms with van der Waals surface area (Å²) in [4.78, 5) is 29.2. The zero-order valence-electron chi connectivity index (χ0n) is 18.6. The van der Waals surface area contributed by atoms with E-state index < -0.39 is 5.91 Å². The van der Waals surface area contributed by atoms with E-state index in [4.69, 9.17) is 9.47 Å². The van der Waals surface area contributed by atoms with Crippen molar-refractivity contribution in [2.45, 2.75) is 18.7 Å². The topological polar surface area (TPSA) is 67.9 Å². The molecule has 0 radical (unpaired) electrons. The Morgan fingerprint density at radius 1 is 0.848 bits per heavy atom. The summed E-state index contributed by atoms with van der Waals surface area (Å²) in [7, 11) is 1.57. The highest BCUT2D eigenvalue weighted by molar-refractivity contribution is 8.04. The zero-order valence-corrected chi connectivity index (χ0v) is 19.4. The van der Waals surface area contributed by atoms with Crippen LogP contribution in [0.4, 0.5) is 11.4 Å². The third kappa shape index (κ3) is 4.88. The van der Waals surface area contributed by atoms with Crippen molar-refractivity contribution in [1.82, 2.24) is 0 Å². The summed E-state index contributed by atoms with van der Waals surface area (Å²) in [6, 6.07) is 22.0. The molecule has 0 saturated heterocycles. The van der Waals surface area contributed by atoms with Gasteiger partial charge in [-0.3, -0.25) is 9.59 Å². The number of thioether (sulfide) groups is 1. The Balaban J connectivity index is 1.68. The van der Waals surface area contributed by atoms with Crippen molar-refractivity contribution >= 4 is 35.0 Å². The predicted octanol–water partition coefficient (Wildman–Crippen LogP) is 5.39. The van der Waals surface area contributed by atoms with E-state index in [2.05, 4.69) is 5.32 Å². The molecule has 6 nitrogen and oxygen atoms in total. The van der Waals surface area contributed by atoms with Crippen molar-refractivity contribution in [2.75, 3.05) is 23.9 Å². The highest BCUT2D eigenvalue weighted by Gasteiger charge is 2.40. The molecule has 0 bridgehead atoms. The lowest BCUT2D eigenvalue weighted by atomic mass is 10.2. The molecular weight excluding hydrogens is 436 g/mol. The molecule has 33 heavy (non-hydrogen) atoms. The standard InChI is InChI=1S/C26H24N2O4S/c1-4-32-21-11-7-18(8-12-21)27-23-24(33-22-15-5-17(2)6-16-22)26(30)28(25(23)29)19-9-13-20(31-3)14-10-19/h5-16,27H,4H2,1-3H3. The average molecular weight is 461 g/mol. The van der Waals surface area contributed by atoms with Crippen LogP contribution in [0.3, 0.4) is 0 Å². The highest BCUT2D eigenvalue weighted by atomic mass is 32.2. The Morgan fingerprint density at radius 3 is 2.09 bits per heavy atom. The van der Waals surface area contributed by atoms with Crippen LogP contribution in [0.15, 0.2) is 88.3 Å². The first-order valence-corrected chi connectivity index (χ1v) is 11.3. The van der Waals surface area contributed by atoms with Crippen molar-refractivity contribution in [3.63, 3.8) is 0 Å². The van der Waals surface area contributed by atoms with E-state index in [1.54, 1.807) is 31.4 Å². The number of aryl methyl sites for hydroxylation is 1.